The van der Waals surface area contributed by atoms with Crippen LogP contribution in [0.5, 0.6) is 0 Å². The van der Waals surface area contributed by atoms with Gasteiger partial charge >= 0.3 is 6.03 Å². The molecule has 2 aromatic rings. The summed E-state index contributed by atoms with van der Waals surface area (Å²) in [4.78, 5) is 35.2. The summed E-state index contributed by atoms with van der Waals surface area (Å²) in [5, 5.41) is 6.13. The Kier molecular flexibility index (Phi) is 11.4. The van der Waals surface area contributed by atoms with Crippen LogP contribution in [-0.4, -0.2) is 72.5 Å². The van der Waals surface area contributed by atoms with Crippen molar-refractivity contribution in [3.05, 3.63) is 52.0 Å². The smallest absolute Gasteiger partial charge is 0.318 e. The molecule has 36 heavy (non-hydrogen) atoms. The minimum atomic E-state index is -0.505. The van der Waals surface area contributed by atoms with E-state index in [1.54, 1.807) is 23.3 Å². The van der Waals surface area contributed by atoms with Gasteiger partial charge < -0.3 is 15.0 Å². The molecule has 198 valence electrons. The number of hydrogen-bond acceptors (Lipinski definition) is 6. The lowest BCUT2D eigenvalue weighted by atomic mass is 9.89. The summed E-state index contributed by atoms with van der Waals surface area (Å²) in [5.74, 6) is 0.737. The zero-order chi connectivity index (χ0) is 25.9. The number of ketones is 1. The van der Waals surface area contributed by atoms with Crippen LogP contribution in [0.25, 0.3) is 0 Å². The van der Waals surface area contributed by atoms with E-state index in [4.69, 9.17) is 4.74 Å². The number of benzene rings is 1. The molecule has 1 N–H and O–H groups in total. The summed E-state index contributed by atoms with van der Waals surface area (Å²) >= 11 is 1.62. The molecule has 2 heterocycles. The SMILES string of the molecule is CC[C@@H](CC(=O)[C@H](CCN1CCOCC1)NC(=O)N(C)Cc1csc(C(C)C)n1)Cc1ccccc1. The van der Waals surface area contributed by atoms with Gasteiger partial charge in [-0.2, -0.15) is 0 Å². The quantitative estimate of drug-likeness (QED) is 0.418. The molecule has 2 amide bonds. The largest absolute Gasteiger partial charge is 0.379 e. The third kappa shape index (κ3) is 8.98. The molecule has 3 rings (SSSR count). The van der Waals surface area contributed by atoms with Gasteiger partial charge in [0, 0.05) is 44.4 Å². The van der Waals surface area contributed by atoms with Crippen molar-refractivity contribution < 1.29 is 14.3 Å². The fraction of sp³-hybridized carbons (Fsp3) is 0.607. The van der Waals surface area contributed by atoms with Gasteiger partial charge in [0.15, 0.2) is 5.78 Å². The van der Waals surface area contributed by atoms with Gasteiger partial charge in [-0.15, -0.1) is 11.3 Å². The molecular formula is C28H42N4O3S. The first kappa shape index (κ1) is 28.3. The van der Waals surface area contributed by atoms with Crippen LogP contribution in [0, 0.1) is 5.92 Å². The van der Waals surface area contributed by atoms with Crippen LogP contribution >= 0.6 is 11.3 Å². The second-order valence-corrected chi connectivity index (χ2v) is 11.0. The van der Waals surface area contributed by atoms with Gasteiger partial charge in [0.25, 0.3) is 0 Å². The van der Waals surface area contributed by atoms with Crippen molar-refractivity contribution >= 4 is 23.2 Å². The number of aromatic nitrogens is 1. The minimum Gasteiger partial charge on any atom is -0.379 e. The number of morpholine rings is 1. The molecule has 1 aromatic heterocycles. The van der Waals surface area contributed by atoms with E-state index in [9.17, 15) is 9.59 Å². The summed E-state index contributed by atoms with van der Waals surface area (Å²) in [5.41, 5.74) is 2.13. The van der Waals surface area contributed by atoms with E-state index in [-0.39, 0.29) is 17.7 Å². The van der Waals surface area contributed by atoms with Gasteiger partial charge in [-0.1, -0.05) is 57.5 Å². The average molecular weight is 515 g/mol. The lowest BCUT2D eigenvalue weighted by molar-refractivity contribution is -0.122. The highest BCUT2D eigenvalue weighted by atomic mass is 32.1. The summed E-state index contributed by atoms with van der Waals surface area (Å²) < 4.78 is 5.46. The van der Waals surface area contributed by atoms with E-state index in [0.717, 1.165) is 43.2 Å². The van der Waals surface area contributed by atoms with Crippen molar-refractivity contribution in [2.24, 2.45) is 5.92 Å². The number of ether oxygens (including phenoxy) is 1. The van der Waals surface area contributed by atoms with Crippen LogP contribution in [0.15, 0.2) is 35.7 Å². The first-order valence-electron chi connectivity index (χ1n) is 13.2. The number of carbonyl (C=O) groups is 2. The monoisotopic (exact) mass is 514 g/mol. The fourth-order valence-electron chi connectivity index (χ4n) is 4.42. The first-order chi connectivity index (χ1) is 17.4. The molecule has 1 aliphatic heterocycles. The zero-order valence-corrected chi connectivity index (χ0v) is 23.1. The molecule has 8 heteroatoms. The lowest BCUT2D eigenvalue weighted by Crippen LogP contribution is -2.48. The number of nitrogens with one attached hydrogen (secondary N) is 1. The van der Waals surface area contributed by atoms with E-state index < -0.39 is 6.04 Å². The molecule has 0 saturated carbocycles. The average Bonchev–Trinajstić information content (AvgIpc) is 3.36. The molecule has 2 atom stereocenters. The number of amides is 2. The Morgan fingerprint density at radius 2 is 1.92 bits per heavy atom. The Bertz CT molecular complexity index is 943. The van der Waals surface area contributed by atoms with Crippen LogP contribution in [0.1, 0.15) is 62.2 Å². The van der Waals surface area contributed by atoms with E-state index in [2.05, 4.69) is 48.1 Å². The highest BCUT2D eigenvalue weighted by Gasteiger charge is 2.26. The van der Waals surface area contributed by atoms with E-state index in [1.165, 1.54) is 5.56 Å². The normalized spacial score (nSPS) is 16.0. The topological polar surface area (TPSA) is 74.8 Å². The first-order valence-corrected chi connectivity index (χ1v) is 14.1. The van der Waals surface area contributed by atoms with Crippen LogP contribution in [-0.2, 0) is 22.5 Å². The third-order valence-electron chi connectivity index (χ3n) is 6.77. The van der Waals surface area contributed by atoms with E-state index in [1.807, 2.05) is 23.6 Å². The molecule has 0 aliphatic carbocycles. The van der Waals surface area contributed by atoms with Gasteiger partial charge in [0.1, 0.15) is 0 Å². The molecule has 1 saturated heterocycles. The standard InChI is InChI=1S/C28H42N4O3S/c1-5-22(17-23-9-7-6-8-10-23)18-26(33)25(11-12-32-13-15-35-16-14-32)30-28(34)31(4)19-24-20-36-27(29-24)21(2)3/h6-10,20-22,25H,5,11-19H2,1-4H3,(H,30,34)/t22-,25+/m1/s1. The molecule has 7 nitrogen and oxygen atoms in total. The molecule has 1 fully saturated rings. The van der Waals surface area contributed by atoms with Crippen molar-refractivity contribution in [3.8, 4) is 0 Å². The predicted molar refractivity (Wildman–Crippen MR) is 145 cm³/mol. The number of Topliss-reactive ketones (excluding diaryl/α,β-unsaturated/α-hetero) is 1. The summed E-state index contributed by atoms with van der Waals surface area (Å²) in [7, 11) is 1.76. The fourth-order valence-corrected chi connectivity index (χ4v) is 5.25. The molecule has 0 radical (unpaired) electrons. The van der Waals surface area contributed by atoms with Crippen LogP contribution in [0.3, 0.4) is 0 Å². The predicted octanol–water partition coefficient (Wildman–Crippen LogP) is 4.73. The molecular weight excluding hydrogens is 472 g/mol. The van der Waals surface area contributed by atoms with Crippen LogP contribution in [0.2, 0.25) is 0 Å². The van der Waals surface area contributed by atoms with Crippen molar-refractivity contribution in [1.82, 2.24) is 20.1 Å². The summed E-state index contributed by atoms with van der Waals surface area (Å²) in [6.07, 6.45) is 2.86. The second-order valence-electron chi connectivity index (χ2n) is 10.1. The molecule has 0 spiro atoms. The van der Waals surface area contributed by atoms with Crippen molar-refractivity contribution in [3.63, 3.8) is 0 Å². The summed E-state index contributed by atoms with van der Waals surface area (Å²) in [6, 6.07) is 9.58. The Morgan fingerprint density at radius 3 is 2.56 bits per heavy atom. The van der Waals surface area contributed by atoms with Gasteiger partial charge in [-0.3, -0.25) is 9.69 Å². The highest BCUT2D eigenvalue weighted by molar-refractivity contribution is 7.09. The second kappa shape index (κ2) is 14.4. The maximum atomic E-state index is 13.5. The zero-order valence-electron chi connectivity index (χ0n) is 22.2. The Morgan fingerprint density at radius 1 is 1.19 bits per heavy atom. The van der Waals surface area contributed by atoms with Crippen LogP contribution < -0.4 is 5.32 Å². The number of nitrogens with zero attached hydrogens (tertiary/aromatic N) is 3. The van der Waals surface area contributed by atoms with Crippen LogP contribution in [0.4, 0.5) is 4.79 Å². The molecule has 1 aromatic carbocycles. The van der Waals surface area contributed by atoms with Crippen molar-refractivity contribution in [1.29, 1.82) is 0 Å². The number of rotatable bonds is 13. The molecule has 0 unspecified atom stereocenters. The Labute approximate surface area is 220 Å². The molecule has 1 aliphatic rings. The van der Waals surface area contributed by atoms with Gasteiger partial charge in [-0.25, -0.2) is 9.78 Å². The highest BCUT2D eigenvalue weighted by Crippen LogP contribution is 2.20. The van der Waals surface area contributed by atoms with Crippen molar-refractivity contribution in [2.45, 2.75) is 65.0 Å². The van der Waals surface area contributed by atoms with Crippen molar-refractivity contribution in [2.75, 3.05) is 39.9 Å². The van der Waals surface area contributed by atoms with Gasteiger partial charge in [0.2, 0.25) is 0 Å². The summed E-state index contributed by atoms with van der Waals surface area (Å²) in [6.45, 7) is 10.7. The molecule has 0 bridgehead atoms. The number of carbonyl (C=O) groups excluding carboxylic acids is 2. The Balaban J connectivity index is 1.62. The number of hydrogen-bond donors (Lipinski definition) is 1. The van der Waals surface area contributed by atoms with E-state index in [0.29, 0.717) is 38.5 Å². The van der Waals surface area contributed by atoms with Gasteiger partial charge in [-0.05, 0) is 24.3 Å². The lowest BCUT2D eigenvalue weighted by Gasteiger charge is -2.29. The number of urea groups is 1. The minimum absolute atomic E-state index is 0.114. The van der Waals surface area contributed by atoms with Gasteiger partial charge in [0.05, 0.1) is 36.5 Å². The Hall–Kier alpha value is -2.29. The maximum absolute atomic E-state index is 13.5. The maximum Gasteiger partial charge on any atom is 0.318 e. The number of thiazole rings is 1. The van der Waals surface area contributed by atoms with E-state index >= 15 is 0 Å². The third-order valence-corrected chi connectivity index (χ3v) is 7.96.